The van der Waals surface area contributed by atoms with Gasteiger partial charge in [-0.05, 0) is 71.1 Å². The minimum absolute atomic E-state index is 0. The molecule has 8 rings (SSSR count). The Bertz CT molecular complexity index is 2700. The molecule has 4 aromatic heterocycles. The molecule has 258 valence electrons. The third-order valence-electron chi connectivity index (χ3n) is 8.26. The number of benzene rings is 4. The molecule has 8 aromatic rings. The maximum atomic E-state index is 8.86. The van der Waals surface area contributed by atoms with E-state index in [2.05, 4.69) is 34.5 Å². The molecule has 0 amide bonds. The summed E-state index contributed by atoms with van der Waals surface area (Å²) in [7, 11) is 0. The molecule has 6 nitrogen and oxygen atoms in total. The number of nitrogens with zero attached hydrogens (tertiary/aromatic N) is 5. The van der Waals surface area contributed by atoms with Crippen molar-refractivity contribution in [3.63, 3.8) is 0 Å². The van der Waals surface area contributed by atoms with Crippen molar-refractivity contribution in [1.29, 1.82) is 0 Å². The summed E-state index contributed by atoms with van der Waals surface area (Å²) in [5.74, 6) is 1.75. The first kappa shape index (κ1) is 29.6. The zero-order valence-electron chi connectivity index (χ0n) is 33.0. The molecule has 7 heteroatoms. The summed E-state index contributed by atoms with van der Waals surface area (Å²) in [5, 5.41) is 1.99. The van der Waals surface area contributed by atoms with Crippen LogP contribution in [0.2, 0.25) is 0 Å². The Morgan fingerprint density at radius 2 is 1.55 bits per heavy atom. The van der Waals surface area contributed by atoms with Gasteiger partial charge in [0.05, 0.1) is 22.5 Å². The largest absolute Gasteiger partial charge is 0.522 e. The SMILES string of the molecule is [2H]C([2H])(c1ccnc(-n2c3[c-]c(Oc4[c-]c(-n5[c-][n+](-c6cccc(C([2H])([2H])C(C)(C)C)c6)c6ccccc65)ncc4)ccc3c3ccccc32)c1)C(C)C.[Pt]. The van der Waals surface area contributed by atoms with E-state index in [1.165, 1.54) is 0 Å². The maximum Gasteiger partial charge on any atom is 0.269 e. The van der Waals surface area contributed by atoms with Crippen molar-refractivity contribution in [2.24, 2.45) is 11.3 Å². The molecule has 0 aliphatic rings. The molecular weight excluding hydrogens is 810 g/mol. The molecule has 0 spiro atoms. The van der Waals surface area contributed by atoms with E-state index in [1.54, 1.807) is 24.5 Å². The first-order valence-corrected chi connectivity index (χ1v) is 16.8. The maximum absolute atomic E-state index is 8.86. The van der Waals surface area contributed by atoms with Crippen molar-refractivity contribution in [2.45, 2.75) is 47.4 Å². The normalized spacial score (nSPS) is 13.5. The van der Waals surface area contributed by atoms with Gasteiger partial charge in [-0.25, -0.2) is 4.98 Å². The molecule has 0 atom stereocenters. The molecular formula is C44H39N5OPt-2. The van der Waals surface area contributed by atoms with E-state index in [-0.39, 0.29) is 27.0 Å². The number of rotatable bonds is 8. The number of imidazole rings is 1. The molecule has 0 aliphatic heterocycles. The Kier molecular flexibility index (Phi) is 8.09. The molecule has 0 bridgehead atoms. The number of para-hydroxylation sites is 3. The number of fused-ring (bicyclic) bond motifs is 4. The average molecular weight is 853 g/mol. The number of hydrogen-bond donors (Lipinski definition) is 0. The predicted molar refractivity (Wildman–Crippen MR) is 199 cm³/mol. The fourth-order valence-corrected chi connectivity index (χ4v) is 6.35. The molecule has 4 heterocycles. The minimum Gasteiger partial charge on any atom is -0.522 e. The number of aromatic nitrogens is 5. The van der Waals surface area contributed by atoms with Crippen LogP contribution in [0.3, 0.4) is 0 Å². The third kappa shape index (κ3) is 6.98. The van der Waals surface area contributed by atoms with Crippen LogP contribution in [0.25, 0.3) is 50.2 Å². The van der Waals surface area contributed by atoms with Crippen molar-refractivity contribution in [3.8, 4) is 28.8 Å². The van der Waals surface area contributed by atoms with Crippen LogP contribution in [0.1, 0.15) is 51.2 Å². The Morgan fingerprint density at radius 3 is 2.37 bits per heavy atom. The molecule has 0 N–H and O–H groups in total. The summed E-state index contributed by atoms with van der Waals surface area (Å²) in [6, 6.07) is 39.5. The van der Waals surface area contributed by atoms with Gasteiger partial charge >= 0.3 is 0 Å². The molecule has 0 saturated heterocycles. The second kappa shape index (κ2) is 13.9. The van der Waals surface area contributed by atoms with Gasteiger partial charge in [0.1, 0.15) is 5.82 Å². The van der Waals surface area contributed by atoms with E-state index < -0.39 is 18.2 Å². The molecule has 51 heavy (non-hydrogen) atoms. The second-order valence-electron chi connectivity index (χ2n) is 13.7. The van der Waals surface area contributed by atoms with Gasteiger partial charge in [0.15, 0.2) is 0 Å². The van der Waals surface area contributed by atoms with Crippen LogP contribution in [-0.4, -0.2) is 19.1 Å². The quantitative estimate of drug-likeness (QED) is 0.113. The van der Waals surface area contributed by atoms with Gasteiger partial charge in [-0.15, -0.1) is 17.5 Å². The summed E-state index contributed by atoms with van der Waals surface area (Å²) in [5.41, 5.74) is 4.74. The predicted octanol–water partition coefficient (Wildman–Crippen LogP) is 9.77. The van der Waals surface area contributed by atoms with Crippen LogP contribution < -0.4 is 9.30 Å². The summed E-state index contributed by atoms with van der Waals surface area (Å²) in [6.45, 7) is 9.47. The molecule has 0 unspecified atom stereocenters. The van der Waals surface area contributed by atoms with Crippen molar-refractivity contribution >= 4 is 32.8 Å². The zero-order chi connectivity index (χ0) is 38.0. The van der Waals surface area contributed by atoms with Crippen molar-refractivity contribution in [3.05, 3.63) is 145 Å². The zero-order valence-corrected chi connectivity index (χ0v) is 31.3. The smallest absolute Gasteiger partial charge is 0.269 e. The van der Waals surface area contributed by atoms with Crippen LogP contribution in [0, 0.1) is 29.8 Å². The van der Waals surface area contributed by atoms with E-state index >= 15 is 0 Å². The van der Waals surface area contributed by atoms with E-state index in [9.17, 15) is 0 Å². The van der Waals surface area contributed by atoms with Crippen LogP contribution in [0.5, 0.6) is 11.5 Å². The first-order chi connectivity index (χ1) is 25.7. The number of pyridine rings is 2. The average Bonchev–Trinajstić information content (AvgIpc) is 3.71. The monoisotopic (exact) mass is 852 g/mol. The molecule has 0 saturated carbocycles. The Balaban J connectivity index is 0.00000465. The Hall–Kier alpha value is -5.06. The van der Waals surface area contributed by atoms with Gasteiger partial charge in [0, 0.05) is 44.0 Å². The fraction of sp³-hybridized carbons (Fsp3) is 0.205. The summed E-state index contributed by atoms with van der Waals surface area (Å²) >= 11 is 0. The van der Waals surface area contributed by atoms with E-state index in [1.807, 2.05) is 133 Å². The van der Waals surface area contributed by atoms with Crippen LogP contribution in [0.15, 0.2) is 116 Å². The fourth-order valence-electron chi connectivity index (χ4n) is 6.35. The van der Waals surface area contributed by atoms with Crippen molar-refractivity contribution in [2.75, 3.05) is 0 Å². The molecule has 0 aliphatic carbocycles. The number of hydrogen-bond acceptors (Lipinski definition) is 3. The molecule has 0 fully saturated rings. The molecule has 4 aromatic carbocycles. The van der Waals surface area contributed by atoms with Gasteiger partial charge in [-0.2, -0.15) is 18.2 Å². The Morgan fingerprint density at radius 1 is 0.784 bits per heavy atom. The summed E-state index contributed by atoms with van der Waals surface area (Å²) in [4.78, 5) is 9.32. The van der Waals surface area contributed by atoms with Gasteiger partial charge in [-0.1, -0.05) is 106 Å². The number of ether oxygens (including phenoxy) is 1. The van der Waals surface area contributed by atoms with Gasteiger partial charge < -0.3 is 9.30 Å². The summed E-state index contributed by atoms with van der Waals surface area (Å²) in [6.07, 6.45) is 3.67. The van der Waals surface area contributed by atoms with E-state index in [0.29, 0.717) is 34.3 Å². The van der Waals surface area contributed by atoms with Gasteiger partial charge in [-0.3, -0.25) is 14.1 Å². The second-order valence-corrected chi connectivity index (χ2v) is 13.7. The third-order valence-corrected chi connectivity index (χ3v) is 8.26. The van der Waals surface area contributed by atoms with Crippen LogP contribution in [-0.2, 0) is 33.8 Å². The Labute approximate surface area is 319 Å². The van der Waals surface area contributed by atoms with Gasteiger partial charge in [0.25, 0.3) is 6.33 Å². The van der Waals surface area contributed by atoms with Crippen LogP contribution >= 0.6 is 0 Å². The topological polar surface area (TPSA) is 48.8 Å². The standard InChI is InChI=1S/C44H39N5O.Pt/c1-30(2)23-31-19-21-46-43(25-31)49-38-14-7-6-13-36(38)37-18-17-34(26-41(37)49)50-35-20-22-45-42(27-35)48-29-47(39-15-8-9-16-40(39)48)33-12-10-11-32(24-33)28-44(3,4)5;/h6-22,24-25,30H,23,28H2,1-5H3;/q-2;/i23D2,28D2;. The van der Waals surface area contributed by atoms with Crippen molar-refractivity contribution < 1.29 is 35.9 Å². The summed E-state index contributed by atoms with van der Waals surface area (Å²) < 4.78 is 47.3. The minimum atomic E-state index is -1.55. The van der Waals surface area contributed by atoms with Crippen LogP contribution in [0.4, 0.5) is 0 Å². The molecule has 0 radical (unpaired) electrons. The van der Waals surface area contributed by atoms with E-state index in [4.69, 9.17) is 10.2 Å². The first-order valence-electron chi connectivity index (χ1n) is 18.8. The van der Waals surface area contributed by atoms with E-state index in [0.717, 1.165) is 38.5 Å². The van der Waals surface area contributed by atoms with Crippen molar-refractivity contribution in [1.82, 2.24) is 19.1 Å². The van der Waals surface area contributed by atoms with Gasteiger partial charge in [0.2, 0.25) is 0 Å².